The number of allylic oxidation sites excluding steroid dienone is 3. The molecule has 0 amide bonds. The van der Waals surface area contributed by atoms with Crippen LogP contribution in [0.4, 0.5) is 4.39 Å². The lowest BCUT2D eigenvalue weighted by molar-refractivity contribution is -0.104. The first-order valence-corrected chi connectivity index (χ1v) is 4.80. The molecule has 1 rings (SSSR count). The normalized spacial score (nSPS) is 17.4. The minimum atomic E-state index is -0.334. The fourth-order valence-corrected chi connectivity index (χ4v) is 1.89. The van der Waals surface area contributed by atoms with Crippen molar-refractivity contribution in [1.82, 2.24) is 0 Å². The molecule has 0 aromatic heterocycles. The molecule has 0 N–H and O–H groups in total. The van der Waals surface area contributed by atoms with Crippen molar-refractivity contribution in [2.45, 2.75) is 0 Å². The standard InChI is InChI=1S/C6H4FIO/c7-6-1-5(4-9)2-8-3-6/h1-4H. The van der Waals surface area contributed by atoms with Gasteiger partial charge in [-0.05, 0) is 10.1 Å². The molecule has 1 aliphatic heterocycles. The van der Waals surface area contributed by atoms with Crippen molar-refractivity contribution in [3.8, 4) is 0 Å². The SMILES string of the molecule is O=CC1=CC(F)=CI=C1. The van der Waals surface area contributed by atoms with Crippen LogP contribution >= 0.6 is 20.7 Å². The maximum Gasteiger partial charge on any atom is 0.150 e. The molecular formula is C6H4FIO. The summed E-state index contributed by atoms with van der Waals surface area (Å²) in [5, 5.41) is 0. The van der Waals surface area contributed by atoms with Crippen LogP contribution < -0.4 is 0 Å². The Labute approximate surface area is 62.0 Å². The molecule has 1 heterocycles. The number of rotatable bonds is 1. The summed E-state index contributed by atoms with van der Waals surface area (Å²) in [6.07, 6.45) is 1.92. The Hall–Kier alpha value is -0.320. The molecule has 0 aliphatic carbocycles. The van der Waals surface area contributed by atoms with Gasteiger partial charge in [-0.2, -0.15) is 0 Å². The average molecular weight is 238 g/mol. The van der Waals surface area contributed by atoms with E-state index in [0.29, 0.717) is 11.9 Å². The zero-order valence-corrected chi connectivity index (χ0v) is 6.63. The zero-order valence-electron chi connectivity index (χ0n) is 4.47. The van der Waals surface area contributed by atoms with E-state index in [-0.39, 0.29) is 26.6 Å². The molecule has 0 aromatic rings. The highest BCUT2D eigenvalue weighted by Crippen LogP contribution is 2.15. The van der Waals surface area contributed by atoms with Crippen LogP contribution in [0.25, 0.3) is 0 Å². The summed E-state index contributed by atoms with van der Waals surface area (Å²) >= 11 is -0.334. The van der Waals surface area contributed by atoms with Gasteiger partial charge in [-0.1, -0.05) is 20.7 Å². The molecule has 0 saturated heterocycles. The number of halogens is 2. The molecule has 0 atom stereocenters. The lowest BCUT2D eigenvalue weighted by atomic mass is 10.3. The molecular weight excluding hydrogens is 234 g/mol. The Morgan fingerprint density at radius 3 is 2.89 bits per heavy atom. The van der Waals surface area contributed by atoms with E-state index in [1.807, 2.05) is 0 Å². The Balaban J connectivity index is 2.91. The van der Waals surface area contributed by atoms with Gasteiger partial charge in [0, 0.05) is 9.66 Å². The van der Waals surface area contributed by atoms with E-state index in [4.69, 9.17) is 0 Å². The van der Waals surface area contributed by atoms with E-state index in [1.165, 1.54) is 10.2 Å². The van der Waals surface area contributed by atoms with Crippen LogP contribution in [0.15, 0.2) is 21.6 Å². The maximum atomic E-state index is 12.3. The first-order valence-electron chi connectivity index (χ1n) is 2.30. The van der Waals surface area contributed by atoms with Crippen LogP contribution in [0.3, 0.4) is 0 Å². The number of aldehydes is 1. The first-order chi connectivity index (χ1) is 4.33. The first kappa shape index (κ1) is 6.80. The molecule has 9 heavy (non-hydrogen) atoms. The van der Waals surface area contributed by atoms with Gasteiger partial charge in [-0.15, -0.1) is 0 Å². The smallest absolute Gasteiger partial charge is 0.150 e. The second-order valence-corrected chi connectivity index (χ2v) is 3.46. The zero-order chi connectivity index (χ0) is 6.69. The van der Waals surface area contributed by atoms with Crippen molar-refractivity contribution >= 4 is 31.0 Å². The highest BCUT2D eigenvalue weighted by Gasteiger charge is 1.96. The van der Waals surface area contributed by atoms with E-state index in [0.717, 1.165) is 0 Å². The van der Waals surface area contributed by atoms with Crippen molar-refractivity contribution in [3.63, 3.8) is 0 Å². The molecule has 0 unspecified atom stereocenters. The molecule has 1 aliphatic rings. The van der Waals surface area contributed by atoms with Crippen LogP contribution in [0, 0.1) is 0 Å². The van der Waals surface area contributed by atoms with Crippen LogP contribution in [0.1, 0.15) is 0 Å². The summed E-state index contributed by atoms with van der Waals surface area (Å²) in [7, 11) is 0. The molecule has 0 saturated carbocycles. The quantitative estimate of drug-likeness (QED) is 0.502. The van der Waals surface area contributed by atoms with Gasteiger partial charge in [0.15, 0.2) is 6.29 Å². The summed E-state index contributed by atoms with van der Waals surface area (Å²) in [6, 6.07) is 0. The third-order valence-corrected chi connectivity index (χ3v) is 2.83. The fraction of sp³-hybridized carbons (Fsp3) is 0. The molecule has 0 radical (unpaired) electrons. The van der Waals surface area contributed by atoms with Crippen LogP contribution in [0.5, 0.6) is 0 Å². The average Bonchev–Trinajstić information content (AvgIpc) is 1.88. The Bertz CT molecular complexity index is 215. The monoisotopic (exact) mass is 238 g/mol. The van der Waals surface area contributed by atoms with Crippen molar-refractivity contribution in [2.24, 2.45) is 0 Å². The summed E-state index contributed by atoms with van der Waals surface area (Å²) in [5.41, 5.74) is 0.475. The Morgan fingerprint density at radius 2 is 2.44 bits per heavy atom. The van der Waals surface area contributed by atoms with E-state index < -0.39 is 0 Å². The molecule has 1 nitrogen and oxygen atoms in total. The Kier molecular flexibility index (Phi) is 2.27. The highest BCUT2D eigenvalue weighted by molar-refractivity contribution is 14.2. The minimum Gasteiger partial charge on any atom is -0.298 e. The Morgan fingerprint density at radius 1 is 1.67 bits per heavy atom. The van der Waals surface area contributed by atoms with Crippen LogP contribution in [-0.4, -0.2) is 10.3 Å². The third-order valence-electron chi connectivity index (χ3n) is 0.797. The fourth-order valence-electron chi connectivity index (χ4n) is 0.446. The lowest BCUT2D eigenvalue weighted by Crippen LogP contribution is -1.86. The minimum absolute atomic E-state index is 0.271. The second kappa shape index (κ2) is 3.00. The molecule has 0 aromatic carbocycles. The largest absolute Gasteiger partial charge is 0.298 e. The van der Waals surface area contributed by atoms with E-state index in [1.54, 1.807) is 4.01 Å². The molecule has 48 valence electrons. The van der Waals surface area contributed by atoms with E-state index >= 15 is 0 Å². The van der Waals surface area contributed by atoms with Crippen molar-refractivity contribution in [2.75, 3.05) is 0 Å². The van der Waals surface area contributed by atoms with Gasteiger partial charge in [0.2, 0.25) is 0 Å². The van der Waals surface area contributed by atoms with Crippen molar-refractivity contribution in [3.05, 3.63) is 21.6 Å². The maximum absolute atomic E-state index is 12.3. The van der Waals surface area contributed by atoms with Gasteiger partial charge >= 0.3 is 0 Å². The molecule has 0 fully saturated rings. The predicted molar refractivity (Wildman–Crippen MR) is 43.4 cm³/mol. The van der Waals surface area contributed by atoms with Gasteiger partial charge in [0.1, 0.15) is 5.83 Å². The number of hydrogen-bond donors (Lipinski definition) is 0. The summed E-state index contributed by atoms with van der Waals surface area (Å²) in [4.78, 5) is 10.0. The summed E-state index contributed by atoms with van der Waals surface area (Å²) in [6.45, 7) is 0. The van der Waals surface area contributed by atoms with Gasteiger partial charge < -0.3 is 0 Å². The predicted octanol–water partition coefficient (Wildman–Crippen LogP) is 1.71. The molecule has 3 heteroatoms. The topological polar surface area (TPSA) is 17.1 Å². The second-order valence-electron chi connectivity index (χ2n) is 1.49. The van der Waals surface area contributed by atoms with Gasteiger partial charge in [0.25, 0.3) is 0 Å². The van der Waals surface area contributed by atoms with Crippen molar-refractivity contribution in [1.29, 1.82) is 0 Å². The molecule has 0 spiro atoms. The third kappa shape index (κ3) is 1.82. The van der Waals surface area contributed by atoms with Gasteiger partial charge in [0.05, 0.1) is 0 Å². The van der Waals surface area contributed by atoms with Crippen LogP contribution in [-0.2, 0) is 4.79 Å². The van der Waals surface area contributed by atoms with E-state index in [9.17, 15) is 9.18 Å². The van der Waals surface area contributed by atoms with Gasteiger partial charge in [-0.3, -0.25) is 4.79 Å². The lowest BCUT2D eigenvalue weighted by Gasteiger charge is -1.92. The van der Waals surface area contributed by atoms with E-state index in [2.05, 4.69) is 0 Å². The highest BCUT2D eigenvalue weighted by atomic mass is 127. The summed E-state index contributed by atoms with van der Waals surface area (Å²) in [5.74, 6) is -0.271. The van der Waals surface area contributed by atoms with Crippen LogP contribution in [0.2, 0.25) is 0 Å². The summed E-state index contributed by atoms with van der Waals surface area (Å²) < 4.78 is 15.6. The van der Waals surface area contributed by atoms with Gasteiger partial charge in [-0.25, -0.2) is 4.39 Å². The van der Waals surface area contributed by atoms with Crippen molar-refractivity contribution < 1.29 is 9.18 Å². The number of carbonyl (C=O) groups excluding carboxylic acids is 1. The number of carbonyl (C=O) groups is 1. The molecule has 0 bridgehead atoms. The number of hydrogen-bond acceptors (Lipinski definition) is 1.